The van der Waals surface area contributed by atoms with Gasteiger partial charge in [0.1, 0.15) is 11.2 Å². The third-order valence-corrected chi connectivity index (χ3v) is 3.73. The molecule has 0 saturated heterocycles. The first-order valence-electron chi connectivity index (χ1n) is 8.99. The van der Waals surface area contributed by atoms with Crippen molar-refractivity contribution in [3.8, 4) is 0 Å². The lowest BCUT2D eigenvalue weighted by molar-refractivity contribution is -0.169. The summed E-state index contributed by atoms with van der Waals surface area (Å²) in [5.74, 6) is -3.64. The Morgan fingerprint density at radius 3 is 1.71 bits per heavy atom. The fourth-order valence-corrected chi connectivity index (χ4v) is 2.67. The van der Waals surface area contributed by atoms with Crippen LogP contribution in [0.3, 0.4) is 0 Å². The van der Waals surface area contributed by atoms with E-state index in [1.807, 2.05) is 0 Å². The van der Waals surface area contributed by atoms with E-state index in [-0.39, 0.29) is 5.56 Å². The summed E-state index contributed by atoms with van der Waals surface area (Å²) in [5.41, 5.74) is -0.926. The minimum absolute atomic E-state index is 0.163. The maximum Gasteiger partial charge on any atom is 0.335 e. The SMILES string of the molecule is CC(C)(C)OC(=O)C(C(=O)OC(C)(C)C)c1ccc2cc(C(=O)O)ccc2c1. The molecule has 0 unspecified atom stereocenters. The Hall–Kier alpha value is -2.89. The monoisotopic (exact) mass is 386 g/mol. The number of carbonyl (C=O) groups is 3. The average Bonchev–Trinajstić information content (AvgIpc) is 2.50. The minimum Gasteiger partial charge on any atom is -0.478 e. The van der Waals surface area contributed by atoms with Crippen molar-refractivity contribution < 1.29 is 29.0 Å². The molecule has 0 aromatic heterocycles. The normalized spacial score (nSPS) is 12.1. The molecule has 0 aliphatic carbocycles. The standard InChI is InChI=1S/C22H26O6/c1-21(2,3)27-19(25)17(20(26)28-22(4,5)6)15-9-7-14-12-16(18(23)24)10-8-13(14)11-15/h7-12,17H,1-6H3,(H,23,24). The third kappa shape index (κ3) is 5.55. The molecule has 2 aromatic carbocycles. The quantitative estimate of drug-likeness (QED) is 0.622. The van der Waals surface area contributed by atoms with Gasteiger partial charge in [0.25, 0.3) is 0 Å². The molecule has 0 aliphatic heterocycles. The first-order chi connectivity index (χ1) is 12.8. The molecule has 1 N–H and O–H groups in total. The van der Waals surface area contributed by atoms with Gasteiger partial charge in [0, 0.05) is 0 Å². The summed E-state index contributed by atoms with van der Waals surface area (Å²) < 4.78 is 10.9. The maximum atomic E-state index is 12.8. The van der Waals surface area contributed by atoms with Crippen molar-refractivity contribution in [2.75, 3.05) is 0 Å². The predicted molar refractivity (Wildman–Crippen MR) is 105 cm³/mol. The molecular formula is C22H26O6. The van der Waals surface area contributed by atoms with Crippen molar-refractivity contribution in [2.45, 2.75) is 58.7 Å². The summed E-state index contributed by atoms with van der Waals surface area (Å²) in [7, 11) is 0. The summed E-state index contributed by atoms with van der Waals surface area (Å²) in [5, 5.41) is 10.5. The fraction of sp³-hybridized carbons (Fsp3) is 0.409. The van der Waals surface area contributed by atoms with Gasteiger partial charge in [0.2, 0.25) is 0 Å². The van der Waals surface area contributed by atoms with E-state index in [9.17, 15) is 14.4 Å². The molecule has 150 valence electrons. The minimum atomic E-state index is -1.23. The maximum absolute atomic E-state index is 12.8. The van der Waals surface area contributed by atoms with E-state index >= 15 is 0 Å². The highest BCUT2D eigenvalue weighted by atomic mass is 16.6. The van der Waals surface area contributed by atoms with Gasteiger partial charge < -0.3 is 14.6 Å². The Balaban J connectivity index is 2.49. The Labute approximate surface area is 164 Å². The van der Waals surface area contributed by atoms with Crippen LogP contribution in [0.2, 0.25) is 0 Å². The van der Waals surface area contributed by atoms with Crippen LogP contribution in [0.4, 0.5) is 0 Å². The molecule has 0 bridgehead atoms. The van der Waals surface area contributed by atoms with Gasteiger partial charge in [-0.1, -0.05) is 18.2 Å². The van der Waals surface area contributed by atoms with Gasteiger partial charge in [-0.15, -0.1) is 0 Å². The molecule has 6 heteroatoms. The number of aromatic carboxylic acids is 1. The van der Waals surface area contributed by atoms with E-state index in [1.165, 1.54) is 12.1 Å². The number of ether oxygens (including phenoxy) is 2. The lowest BCUT2D eigenvalue weighted by atomic mass is 9.95. The van der Waals surface area contributed by atoms with Gasteiger partial charge in [0.15, 0.2) is 5.92 Å². The molecule has 2 rings (SSSR count). The molecule has 0 heterocycles. The van der Waals surface area contributed by atoms with Crippen molar-refractivity contribution in [3.63, 3.8) is 0 Å². The predicted octanol–water partition coefficient (Wildman–Crippen LogP) is 4.31. The molecule has 0 aliphatic rings. The largest absolute Gasteiger partial charge is 0.478 e. The van der Waals surface area contributed by atoms with Crippen LogP contribution in [0.5, 0.6) is 0 Å². The van der Waals surface area contributed by atoms with Crippen molar-refractivity contribution in [2.24, 2.45) is 0 Å². The zero-order valence-corrected chi connectivity index (χ0v) is 17.0. The second kappa shape index (κ2) is 7.62. The topological polar surface area (TPSA) is 89.9 Å². The summed E-state index contributed by atoms with van der Waals surface area (Å²) >= 11 is 0. The van der Waals surface area contributed by atoms with Crippen LogP contribution in [0.25, 0.3) is 10.8 Å². The van der Waals surface area contributed by atoms with Gasteiger partial charge in [-0.05, 0) is 76.1 Å². The van der Waals surface area contributed by atoms with Crippen LogP contribution in [0.1, 0.15) is 63.4 Å². The summed E-state index contributed by atoms with van der Waals surface area (Å²) in [6.45, 7) is 10.4. The van der Waals surface area contributed by atoms with Gasteiger partial charge in [0.05, 0.1) is 5.56 Å². The van der Waals surface area contributed by atoms with E-state index in [0.29, 0.717) is 16.3 Å². The third-order valence-electron chi connectivity index (χ3n) is 3.73. The first kappa shape index (κ1) is 21.4. The number of benzene rings is 2. The van der Waals surface area contributed by atoms with E-state index in [4.69, 9.17) is 14.6 Å². The second-order valence-corrected chi connectivity index (χ2v) is 8.63. The van der Waals surface area contributed by atoms with Crippen LogP contribution >= 0.6 is 0 Å². The van der Waals surface area contributed by atoms with Gasteiger partial charge in [-0.2, -0.15) is 0 Å². The highest BCUT2D eigenvalue weighted by Gasteiger charge is 2.36. The molecule has 0 atom stereocenters. The van der Waals surface area contributed by atoms with Crippen molar-refractivity contribution in [1.82, 2.24) is 0 Å². The van der Waals surface area contributed by atoms with Crippen LogP contribution in [-0.2, 0) is 19.1 Å². The van der Waals surface area contributed by atoms with Crippen LogP contribution in [-0.4, -0.2) is 34.2 Å². The van der Waals surface area contributed by atoms with Gasteiger partial charge in [-0.3, -0.25) is 9.59 Å². The highest BCUT2D eigenvalue weighted by Crippen LogP contribution is 2.28. The van der Waals surface area contributed by atoms with E-state index < -0.39 is 35.0 Å². The lowest BCUT2D eigenvalue weighted by Gasteiger charge is -2.26. The molecule has 0 amide bonds. The Kier molecular flexibility index (Phi) is 5.83. The number of carbonyl (C=O) groups excluding carboxylic acids is 2. The molecular weight excluding hydrogens is 360 g/mol. The number of hydrogen-bond acceptors (Lipinski definition) is 5. The van der Waals surface area contributed by atoms with Crippen LogP contribution in [0.15, 0.2) is 36.4 Å². The number of rotatable bonds is 4. The van der Waals surface area contributed by atoms with Crippen molar-refractivity contribution in [3.05, 3.63) is 47.5 Å². The lowest BCUT2D eigenvalue weighted by Crippen LogP contribution is -2.35. The van der Waals surface area contributed by atoms with E-state index in [1.54, 1.807) is 65.8 Å². The molecule has 28 heavy (non-hydrogen) atoms. The van der Waals surface area contributed by atoms with Crippen molar-refractivity contribution in [1.29, 1.82) is 0 Å². The number of carboxylic acid groups (broad SMARTS) is 1. The number of esters is 2. The smallest absolute Gasteiger partial charge is 0.335 e. The average molecular weight is 386 g/mol. The number of hydrogen-bond donors (Lipinski definition) is 1. The number of carboxylic acids is 1. The molecule has 0 radical (unpaired) electrons. The van der Waals surface area contributed by atoms with Crippen LogP contribution < -0.4 is 0 Å². The van der Waals surface area contributed by atoms with E-state index in [2.05, 4.69) is 0 Å². The molecule has 0 spiro atoms. The fourth-order valence-electron chi connectivity index (χ4n) is 2.67. The first-order valence-corrected chi connectivity index (χ1v) is 8.99. The zero-order chi connectivity index (χ0) is 21.3. The summed E-state index contributed by atoms with van der Waals surface area (Å²) in [4.78, 5) is 36.7. The summed E-state index contributed by atoms with van der Waals surface area (Å²) in [6.07, 6.45) is 0. The Morgan fingerprint density at radius 2 is 1.25 bits per heavy atom. The van der Waals surface area contributed by atoms with Crippen molar-refractivity contribution >= 4 is 28.7 Å². The van der Waals surface area contributed by atoms with Crippen LogP contribution in [0, 0.1) is 0 Å². The summed E-state index contributed by atoms with van der Waals surface area (Å²) in [6, 6.07) is 9.64. The molecule has 2 aromatic rings. The second-order valence-electron chi connectivity index (χ2n) is 8.63. The Bertz CT molecular complexity index is 887. The Morgan fingerprint density at radius 1 is 0.786 bits per heavy atom. The number of fused-ring (bicyclic) bond motifs is 1. The molecule has 6 nitrogen and oxygen atoms in total. The van der Waals surface area contributed by atoms with Gasteiger partial charge >= 0.3 is 17.9 Å². The highest BCUT2D eigenvalue weighted by molar-refractivity contribution is 6.02. The zero-order valence-electron chi connectivity index (χ0n) is 17.0. The molecule has 0 fully saturated rings. The molecule has 0 saturated carbocycles. The van der Waals surface area contributed by atoms with Gasteiger partial charge in [-0.25, -0.2) is 4.79 Å². The van der Waals surface area contributed by atoms with E-state index in [0.717, 1.165) is 0 Å².